The number of hydrogen-bond donors (Lipinski definition) is 2. The molecule has 1 aromatic rings. The molecule has 1 aromatic carbocycles. The van der Waals surface area contributed by atoms with Crippen LogP contribution in [0.2, 0.25) is 0 Å². The van der Waals surface area contributed by atoms with E-state index < -0.39 is 10.0 Å². The Morgan fingerprint density at radius 3 is 2.44 bits per heavy atom. The summed E-state index contributed by atoms with van der Waals surface area (Å²) < 4.78 is 25.2. The lowest BCUT2D eigenvalue weighted by molar-refractivity contribution is 0.273. The molecule has 5 heteroatoms. The van der Waals surface area contributed by atoms with Crippen LogP contribution < -0.4 is 4.72 Å². The number of aliphatic hydroxyl groups excluding tert-OH is 1. The van der Waals surface area contributed by atoms with Gasteiger partial charge in [-0.3, -0.25) is 0 Å². The maximum Gasteiger partial charge on any atom is 0.211 e. The Hall–Kier alpha value is -0.910. The maximum atomic E-state index is 11.3. The van der Waals surface area contributed by atoms with Crippen LogP contribution in [0.3, 0.4) is 0 Å². The molecule has 0 aliphatic rings. The van der Waals surface area contributed by atoms with Gasteiger partial charge in [0.25, 0.3) is 0 Å². The van der Waals surface area contributed by atoms with Gasteiger partial charge in [-0.15, -0.1) is 0 Å². The van der Waals surface area contributed by atoms with Gasteiger partial charge in [0.2, 0.25) is 10.0 Å². The number of benzene rings is 1. The van der Waals surface area contributed by atoms with Gasteiger partial charge in [-0.05, 0) is 31.2 Å². The molecule has 4 nitrogen and oxygen atoms in total. The van der Waals surface area contributed by atoms with Crippen molar-refractivity contribution in [3.63, 3.8) is 0 Å². The van der Waals surface area contributed by atoms with E-state index in [4.69, 9.17) is 5.11 Å². The Morgan fingerprint density at radius 1 is 1.22 bits per heavy atom. The van der Waals surface area contributed by atoms with Gasteiger partial charge in [-0.2, -0.15) is 0 Å². The summed E-state index contributed by atoms with van der Waals surface area (Å²) in [5.74, 6) is 0.291. The van der Waals surface area contributed by atoms with Crippen LogP contribution in [-0.4, -0.2) is 32.4 Å². The van der Waals surface area contributed by atoms with Crippen molar-refractivity contribution in [2.45, 2.75) is 25.7 Å². The maximum absolute atomic E-state index is 11.3. The molecule has 1 rings (SSSR count). The number of nitrogens with one attached hydrogen (secondary N) is 1. The topological polar surface area (TPSA) is 66.4 Å². The van der Waals surface area contributed by atoms with Gasteiger partial charge in [-0.1, -0.05) is 30.3 Å². The van der Waals surface area contributed by atoms with E-state index in [1.807, 2.05) is 30.3 Å². The van der Waals surface area contributed by atoms with E-state index in [1.165, 1.54) is 0 Å². The first kappa shape index (κ1) is 15.1. The van der Waals surface area contributed by atoms with Crippen molar-refractivity contribution in [2.75, 3.05) is 18.9 Å². The van der Waals surface area contributed by atoms with Crippen molar-refractivity contribution in [3.8, 4) is 0 Å². The third-order valence-corrected chi connectivity index (χ3v) is 4.35. The summed E-state index contributed by atoms with van der Waals surface area (Å²) in [5.41, 5.74) is 1.14. The lowest BCUT2D eigenvalue weighted by Crippen LogP contribution is -2.27. The van der Waals surface area contributed by atoms with Crippen LogP contribution in [0.1, 0.15) is 31.2 Å². The predicted molar refractivity (Wildman–Crippen MR) is 73.0 cm³/mol. The normalized spacial score (nSPS) is 13.4. The molecule has 0 saturated carbocycles. The van der Waals surface area contributed by atoms with E-state index in [0.717, 1.165) is 5.56 Å². The first-order valence-electron chi connectivity index (χ1n) is 6.22. The Labute approximate surface area is 109 Å². The molecule has 0 amide bonds. The molecule has 0 aromatic heterocycles. The molecule has 0 fully saturated rings. The summed E-state index contributed by atoms with van der Waals surface area (Å²) in [5, 5.41) is 9.06. The molecule has 1 atom stereocenters. The summed E-state index contributed by atoms with van der Waals surface area (Å²) >= 11 is 0. The van der Waals surface area contributed by atoms with Gasteiger partial charge in [0.1, 0.15) is 0 Å². The Kier molecular flexibility index (Phi) is 6.32. The van der Waals surface area contributed by atoms with Gasteiger partial charge in [0.15, 0.2) is 0 Å². The SMILES string of the molecule is CCS(=O)(=O)NCCC(CCO)c1ccccc1. The third-order valence-electron chi connectivity index (χ3n) is 2.94. The summed E-state index contributed by atoms with van der Waals surface area (Å²) in [6.45, 7) is 2.14. The average molecular weight is 271 g/mol. The number of hydrogen-bond acceptors (Lipinski definition) is 3. The van der Waals surface area contributed by atoms with Crippen LogP contribution in [0.4, 0.5) is 0 Å². The van der Waals surface area contributed by atoms with Crippen molar-refractivity contribution >= 4 is 10.0 Å². The van der Waals surface area contributed by atoms with Crippen molar-refractivity contribution < 1.29 is 13.5 Å². The lowest BCUT2D eigenvalue weighted by atomic mass is 9.93. The molecular weight excluding hydrogens is 250 g/mol. The van der Waals surface area contributed by atoms with Crippen molar-refractivity contribution in [1.29, 1.82) is 0 Å². The van der Waals surface area contributed by atoms with E-state index >= 15 is 0 Å². The van der Waals surface area contributed by atoms with Crippen molar-refractivity contribution in [1.82, 2.24) is 4.72 Å². The number of sulfonamides is 1. The molecular formula is C13H21NO3S. The quantitative estimate of drug-likeness (QED) is 0.752. The first-order chi connectivity index (χ1) is 8.59. The molecule has 0 heterocycles. The molecule has 18 heavy (non-hydrogen) atoms. The van der Waals surface area contributed by atoms with Crippen molar-refractivity contribution in [2.24, 2.45) is 0 Å². The smallest absolute Gasteiger partial charge is 0.211 e. The Balaban J connectivity index is 2.54. The summed E-state index contributed by atoms with van der Waals surface area (Å²) in [6, 6.07) is 9.87. The van der Waals surface area contributed by atoms with Gasteiger partial charge < -0.3 is 5.11 Å². The second kappa shape index (κ2) is 7.51. The second-order valence-corrected chi connectivity index (χ2v) is 6.30. The number of aliphatic hydroxyl groups is 1. The van der Waals surface area contributed by atoms with Crippen LogP contribution in [-0.2, 0) is 10.0 Å². The molecule has 0 spiro atoms. The zero-order valence-corrected chi connectivity index (χ0v) is 11.5. The van der Waals surface area contributed by atoms with E-state index in [0.29, 0.717) is 19.4 Å². The monoisotopic (exact) mass is 271 g/mol. The molecule has 0 saturated heterocycles. The minimum atomic E-state index is -3.12. The van der Waals surface area contributed by atoms with E-state index in [2.05, 4.69) is 4.72 Å². The average Bonchev–Trinajstić information content (AvgIpc) is 2.39. The molecule has 0 aliphatic carbocycles. The minimum Gasteiger partial charge on any atom is -0.396 e. The second-order valence-electron chi connectivity index (χ2n) is 4.21. The van der Waals surface area contributed by atoms with Crippen molar-refractivity contribution in [3.05, 3.63) is 35.9 Å². The summed E-state index contributed by atoms with van der Waals surface area (Å²) in [4.78, 5) is 0. The molecule has 0 aliphatic heterocycles. The van der Waals surface area contributed by atoms with E-state index in [-0.39, 0.29) is 18.3 Å². The highest BCUT2D eigenvalue weighted by molar-refractivity contribution is 7.89. The van der Waals surface area contributed by atoms with Gasteiger partial charge in [0, 0.05) is 13.2 Å². The fraction of sp³-hybridized carbons (Fsp3) is 0.538. The van der Waals surface area contributed by atoms with Gasteiger partial charge in [0.05, 0.1) is 5.75 Å². The molecule has 0 radical (unpaired) electrons. The van der Waals surface area contributed by atoms with Crippen LogP contribution in [0.15, 0.2) is 30.3 Å². The predicted octanol–water partition coefficient (Wildman–Crippen LogP) is 1.48. The zero-order valence-electron chi connectivity index (χ0n) is 10.7. The fourth-order valence-electron chi connectivity index (χ4n) is 1.85. The molecule has 0 bridgehead atoms. The van der Waals surface area contributed by atoms with Crippen LogP contribution >= 0.6 is 0 Å². The first-order valence-corrected chi connectivity index (χ1v) is 7.87. The van der Waals surface area contributed by atoms with Crippen LogP contribution in [0.5, 0.6) is 0 Å². The highest BCUT2D eigenvalue weighted by Crippen LogP contribution is 2.22. The zero-order chi connectivity index (χ0) is 13.4. The third kappa shape index (κ3) is 5.16. The summed E-state index contributed by atoms with van der Waals surface area (Å²) in [6.07, 6.45) is 1.35. The largest absolute Gasteiger partial charge is 0.396 e. The van der Waals surface area contributed by atoms with Gasteiger partial charge >= 0.3 is 0 Å². The van der Waals surface area contributed by atoms with Crippen LogP contribution in [0, 0.1) is 0 Å². The van der Waals surface area contributed by atoms with E-state index in [9.17, 15) is 8.42 Å². The Bertz CT molecular complexity index is 431. The summed E-state index contributed by atoms with van der Waals surface area (Å²) in [7, 11) is -3.12. The molecule has 2 N–H and O–H groups in total. The highest BCUT2D eigenvalue weighted by atomic mass is 32.2. The molecule has 1 unspecified atom stereocenters. The number of rotatable bonds is 8. The highest BCUT2D eigenvalue weighted by Gasteiger charge is 2.12. The van der Waals surface area contributed by atoms with Gasteiger partial charge in [-0.25, -0.2) is 13.1 Å². The Morgan fingerprint density at radius 2 is 1.89 bits per heavy atom. The van der Waals surface area contributed by atoms with E-state index in [1.54, 1.807) is 6.92 Å². The lowest BCUT2D eigenvalue weighted by Gasteiger charge is -2.16. The van der Waals surface area contributed by atoms with Crippen LogP contribution in [0.25, 0.3) is 0 Å². The fourth-order valence-corrected chi connectivity index (χ4v) is 2.48. The standard InChI is InChI=1S/C13H21NO3S/c1-2-18(16,17)14-10-8-13(9-11-15)12-6-4-3-5-7-12/h3-7,13-15H,2,8-11H2,1H3. The molecule has 102 valence electrons. The minimum absolute atomic E-state index is 0.100.